The van der Waals surface area contributed by atoms with Crippen molar-refractivity contribution < 1.29 is 14.9 Å². The van der Waals surface area contributed by atoms with Gasteiger partial charge in [0, 0.05) is 24.9 Å². The van der Waals surface area contributed by atoms with Crippen LogP contribution in [0.15, 0.2) is 26.8 Å². The molecule has 0 unspecified atom stereocenters. The van der Waals surface area contributed by atoms with E-state index >= 15 is 0 Å². The predicted octanol–water partition coefficient (Wildman–Crippen LogP) is -0.526. The second kappa shape index (κ2) is 5.83. The number of hydrogen-bond acceptors (Lipinski definition) is 5. The lowest BCUT2D eigenvalue weighted by atomic mass is 10.2. The summed E-state index contributed by atoms with van der Waals surface area (Å²) in [5.41, 5.74) is -1.03. The minimum absolute atomic E-state index is 0.182. The molecular formula is C11H13BrN2O5. The molecule has 0 aromatic carbocycles. The van der Waals surface area contributed by atoms with E-state index in [-0.39, 0.29) is 13.0 Å². The fourth-order valence-corrected chi connectivity index (χ4v) is 2.21. The minimum atomic E-state index is -0.839. The van der Waals surface area contributed by atoms with Gasteiger partial charge >= 0.3 is 5.69 Å². The van der Waals surface area contributed by atoms with E-state index in [9.17, 15) is 14.7 Å². The third kappa shape index (κ3) is 2.71. The fourth-order valence-electron chi connectivity index (χ4n) is 1.97. The first-order chi connectivity index (χ1) is 9.08. The van der Waals surface area contributed by atoms with Crippen molar-refractivity contribution in [3.05, 3.63) is 38.1 Å². The predicted molar refractivity (Wildman–Crippen MR) is 70.8 cm³/mol. The van der Waals surface area contributed by atoms with Crippen molar-refractivity contribution in [3.8, 4) is 0 Å². The van der Waals surface area contributed by atoms with Crippen LogP contribution in [0.25, 0.3) is 6.20 Å². The average Bonchev–Trinajstić information content (AvgIpc) is 2.75. The number of nitrogens with zero attached hydrogens (tertiary/aromatic N) is 2. The molecule has 1 aromatic heterocycles. The van der Waals surface area contributed by atoms with Crippen LogP contribution in [0.3, 0.4) is 0 Å². The van der Waals surface area contributed by atoms with Crippen LogP contribution in [-0.4, -0.2) is 38.2 Å². The maximum Gasteiger partial charge on any atom is 0.337 e. The van der Waals surface area contributed by atoms with Gasteiger partial charge in [-0.3, -0.25) is 9.36 Å². The van der Waals surface area contributed by atoms with Crippen molar-refractivity contribution in [1.29, 1.82) is 0 Å². The third-order valence-corrected chi connectivity index (χ3v) is 3.18. The normalized spacial score (nSPS) is 27.2. The van der Waals surface area contributed by atoms with E-state index in [1.165, 1.54) is 28.0 Å². The Labute approximate surface area is 116 Å². The smallest absolute Gasteiger partial charge is 0.337 e. The molecule has 104 valence electrons. The van der Waals surface area contributed by atoms with Crippen LogP contribution < -0.4 is 11.2 Å². The number of aromatic nitrogens is 2. The zero-order valence-electron chi connectivity index (χ0n) is 9.85. The number of halogens is 1. The quantitative estimate of drug-likeness (QED) is 0.776. The van der Waals surface area contributed by atoms with E-state index in [2.05, 4.69) is 15.9 Å². The van der Waals surface area contributed by atoms with Crippen molar-refractivity contribution in [2.45, 2.75) is 24.9 Å². The Balaban J connectivity index is 2.40. The van der Waals surface area contributed by atoms with Gasteiger partial charge in [0.15, 0.2) is 0 Å². The highest BCUT2D eigenvalue weighted by molar-refractivity contribution is 9.11. The summed E-state index contributed by atoms with van der Waals surface area (Å²) in [7, 11) is 0. The molecule has 0 aliphatic carbocycles. The summed E-state index contributed by atoms with van der Waals surface area (Å²) < 4.78 is 7.50. The van der Waals surface area contributed by atoms with Crippen LogP contribution in [0, 0.1) is 0 Å². The summed E-state index contributed by atoms with van der Waals surface area (Å²) >= 11 is 3.00. The molecule has 1 aliphatic rings. The Hall–Kier alpha value is -1.22. The van der Waals surface area contributed by atoms with E-state index < -0.39 is 29.7 Å². The molecule has 1 aromatic rings. The molecule has 2 N–H and O–H groups in total. The van der Waals surface area contributed by atoms with Gasteiger partial charge < -0.3 is 14.9 Å². The Morgan fingerprint density at radius 2 is 2.26 bits per heavy atom. The van der Waals surface area contributed by atoms with Crippen molar-refractivity contribution in [1.82, 2.24) is 9.13 Å². The number of ether oxygens (including phenoxy) is 1. The van der Waals surface area contributed by atoms with Crippen molar-refractivity contribution in [2.75, 3.05) is 6.61 Å². The summed E-state index contributed by atoms with van der Waals surface area (Å²) in [6.45, 7) is -0.326. The first-order valence-electron chi connectivity index (χ1n) is 5.63. The van der Waals surface area contributed by atoms with E-state index in [0.29, 0.717) is 0 Å². The van der Waals surface area contributed by atoms with E-state index in [4.69, 9.17) is 9.84 Å². The maximum absolute atomic E-state index is 12.1. The van der Waals surface area contributed by atoms with Crippen molar-refractivity contribution >= 4 is 22.1 Å². The maximum atomic E-state index is 12.1. The molecule has 0 spiro atoms. The Kier molecular flexibility index (Phi) is 4.35. The van der Waals surface area contributed by atoms with Crippen LogP contribution in [0.2, 0.25) is 0 Å². The standard InChI is InChI=1S/C11H13BrN2O5/c12-2-4-13-9(17)1-3-14(11(13)18)10-5-7(16)8(6-15)19-10/h1-4,7-8,10,15-16H,5-6H2/b4-2+/t7-,8+,10+/m0/s1. The van der Waals surface area contributed by atoms with Gasteiger partial charge in [-0.05, 0) is 4.99 Å². The van der Waals surface area contributed by atoms with E-state index in [0.717, 1.165) is 4.57 Å². The topological polar surface area (TPSA) is 93.7 Å². The van der Waals surface area contributed by atoms with Gasteiger partial charge in [-0.2, -0.15) is 0 Å². The monoisotopic (exact) mass is 332 g/mol. The molecule has 2 heterocycles. The zero-order chi connectivity index (χ0) is 14.0. The molecule has 0 saturated carbocycles. The summed E-state index contributed by atoms with van der Waals surface area (Å²) in [5.74, 6) is 0. The molecule has 1 fully saturated rings. The van der Waals surface area contributed by atoms with Gasteiger partial charge in [-0.25, -0.2) is 9.36 Å². The van der Waals surface area contributed by atoms with Gasteiger partial charge in [0.05, 0.1) is 12.7 Å². The lowest BCUT2D eigenvalue weighted by molar-refractivity contribution is -0.0460. The van der Waals surface area contributed by atoms with Gasteiger partial charge in [0.1, 0.15) is 12.3 Å². The van der Waals surface area contributed by atoms with E-state index in [1.807, 2.05) is 0 Å². The highest BCUT2D eigenvalue weighted by Crippen LogP contribution is 2.26. The molecule has 0 bridgehead atoms. The number of rotatable bonds is 3. The second-order valence-electron chi connectivity index (χ2n) is 4.10. The molecule has 0 amide bonds. The highest BCUT2D eigenvalue weighted by atomic mass is 79.9. The van der Waals surface area contributed by atoms with Crippen LogP contribution in [0.4, 0.5) is 0 Å². The van der Waals surface area contributed by atoms with E-state index in [1.54, 1.807) is 0 Å². The average molecular weight is 333 g/mol. The molecule has 19 heavy (non-hydrogen) atoms. The number of aliphatic hydroxyl groups is 2. The summed E-state index contributed by atoms with van der Waals surface area (Å²) in [6.07, 6.45) is 0.533. The summed E-state index contributed by atoms with van der Waals surface area (Å²) in [5, 5.41) is 18.7. The summed E-state index contributed by atoms with van der Waals surface area (Å²) in [6, 6.07) is 1.23. The molecule has 2 rings (SSSR count). The minimum Gasteiger partial charge on any atom is -0.394 e. The molecular weight excluding hydrogens is 320 g/mol. The Morgan fingerprint density at radius 1 is 1.53 bits per heavy atom. The largest absolute Gasteiger partial charge is 0.394 e. The van der Waals surface area contributed by atoms with Crippen molar-refractivity contribution in [3.63, 3.8) is 0 Å². The van der Waals surface area contributed by atoms with Crippen molar-refractivity contribution in [2.24, 2.45) is 0 Å². The van der Waals surface area contributed by atoms with Gasteiger partial charge in [-0.1, -0.05) is 15.9 Å². The van der Waals surface area contributed by atoms with Gasteiger partial charge in [-0.15, -0.1) is 0 Å². The Morgan fingerprint density at radius 3 is 2.84 bits per heavy atom. The van der Waals surface area contributed by atoms with Crippen LogP contribution in [0.5, 0.6) is 0 Å². The lowest BCUT2D eigenvalue weighted by Crippen LogP contribution is -2.38. The second-order valence-corrected chi connectivity index (χ2v) is 4.63. The van der Waals surface area contributed by atoms with Gasteiger partial charge in [0.2, 0.25) is 0 Å². The number of aliphatic hydroxyl groups excluding tert-OH is 2. The molecule has 3 atom stereocenters. The fraction of sp³-hybridized carbons (Fsp3) is 0.455. The van der Waals surface area contributed by atoms with Crippen LogP contribution in [-0.2, 0) is 4.74 Å². The van der Waals surface area contributed by atoms with Crippen LogP contribution >= 0.6 is 15.9 Å². The zero-order valence-corrected chi connectivity index (χ0v) is 11.4. The molecule has 0 radical (unpaired) electrons. The summed E-state index contributed by atoms with van der Waals surface area (Å²) in [4.78, 5) is 25.0. The number of hydrogen-bond donors (Lipinski definition) is 2. The highest BCUT2D eigenvalue weighted by Gasteiger charge is 2.35. The SMILES string of the molecule is O=c1ccn([C@H]2C[C@H](O)[C@@H](CO)O2)c(=O)n1/C=C/Br. The Bertz CT molecular complexity index is 593. The lowest BCUT2D eigenvalue weighted by Gasteiger charge is -2.15. The third-order valence-electron chi connectivity index (χ3n) is 2.94. The molecule has 8 heteroatoms. The van der Waals surface area contributed by atoms with Crippen LogP contribution in [0.1, 0.15) is 12.6 Å². The molecule has 7 nitrogen and oxygen atoms in total. The molecule has 1 saturated heterocycles. The van der Waals surface area contributed by atoms with Gasteiger partial charge in [0.25, 0.3) is 5.56 Å². The first kappa shape index (κ1) is 14.2. The first-order valence-corrected chi connectivity index (χ1v) is 6.55. The molecule has 1 aliphatic heterocycles.